The molecule has 0 aromatic heterocycles. The third-order valence-electron chi connectivity index (χ3n) is 3.22. The van der Waals surface area contributed by atoms with Crippen molar-refractivity contribution in [1.82, 2.24) is 0 Å². The predicted octanol–water partition coefficient (Wildman–Crippen LogP) is 2.90. The minimum Gasteiger partial charge on any atom is -0.381 e. The molecule has 1 unspecified atom stereocenters. The second-order valence-electron chi connectivity index (χ2n) is 4.40. The van der Waals surface area contributed by atoms with Crippen LogP contribution in [0.1, 0.15) is 12.0 Å². The topological polar surface area (TPSA) is 35.2 Å². The van der Waals surface area contributed by atoms with Gasteiger partial charge in [0.1, 0.15) is 0 Å². The van der Waals surface area contributed by atoms with E-state index in [-0.39, 0.29) is 5.41 Å². The summed E-state index contributed by atoms with van der Waals surface area (Å²) in [5, 5.41) is 1.24. The largest absolute Gasteiger partial charge is 0.381 e. The van der Waals surface area contributed by atoms with Crippen LogP contribution in [0, 0.1) is 5.41 Å². The van der Waals surface area contributed by atoms with Crippen LogP contribution in [0.15, 0.2) is 18.2 Å². The standard InChI is InChI=1S/C12H15Cl2NO/c13-10-3-1-2-9(11(10)14)6-12(7-15)4-5-16-8-12/h1-3H,4-8,15H2. The zero-order valence-corrected chi connectivity index (χ0v) is 10.5. The maximum absolute atomic E-state index is 6.18. The highest BCUT2D eigenvalue weighted by Crippen LogP contribution is 2.35. The monoisotopic (exact) mass is 259 g/mol. The number of ether oxygens (including phenoxy) is 1. The Kier molecular flexibility index (Phi) is 3.75. The van der Waals surface area contributed by atoms with Gasteiger partial charge in [-0.25, -0.2) is 0 Å². The van der Waals surface area contributed by atoms with Crippen LogP contribution in [0.25, 0.3) is 0 Å². The Morgan fingerprint density at radius 3 is 2.81 bits per heavy atom. The first-order valence-corrected chi connectivity index (χ1v) is 6.13. The van der Waals surface area contributed by atoms with E-state index in [4.69, 9.17) is 33.7 Å². The third kappa shape index (κ3) is 2.35. The molecule has 0 saturated carbocycles. The van der Waals surface area contributed by atoms with Gasteiger partial charge in [-0.05, 0) is 24.5 Å². The summed E-state index contributed by atoms with van der Waals surface area (Å²) in [6, 6.07) is 5.72. The van der Waals surface area contributed by atoms with E-state index in [1.54, 1.807) is 6.07 Å². The Morgan fingerprint density at radius 1 is 1.38 bits per heavy atom. The van der Waals surface area contributed by atoms with Crippen LogP contribution >= 0.6 is 23.2 Å². The summed E-state index contributed by atoms with van der Waals surface area (Å²) in [6.45, 7) is 2.12. The van der Waals surface area contributed by atoms with Crippen molar-refractivity contribution in [3.8, 4) is 0 Å². The summed E-state index contributed by atoms with van der Waals surface area (Å²) in [4.78, 5) is 0. The van der Waals surface area contributed by atoms with Gasteiger partial charge in [-0.3, -0.25) is 0 Å². The smallest absolute Gasteiger partial charge is 0.0624 e. The van der Waals surface area contributed by atoms with Gasteiger partial charge in [-0.2, -0.15) is 0 Å². The van der Waals surface area contributed by atoms with Crippen LogP contribution in [-0.2, 0) is 11.2 Å². The highest BCUT2D eigenvalue weighted by Gasteiger charge is 2.34. The second kappa shape index (κ2) is 4.92. The molecule has 1 aromatic carbocycles. The van der Waals surface area contributed by atoms with Crippen LogP contribution in [0.4, 0.5) is 0 Å². The van der Waals surface area contributed by atoms with Crippen molar-refractivity contribution in [1.29, 1.82) is 0 Å². The molecule has 1 saturated heterocycles. The molecule has 1 aliphatic rings. The molecule has 0 bridgehead atoms. The van der Waals surface area contributed by atoms with Gasteiger partial charge in [0.25, 0.3) is 0 Å². The van der Waals surface area contributed by atoms with Crippen LogP contribution < -0.4 is 5.73 Å². The average molecular weight is 260 g/mol. The number of rotatable bonds is 3. The van der Waals surface area contributed by atoms with Gasteiger partial charge in [0, 0.05) is 18.6 Å². The number of halogens is 2. The fraction of sp³-hybridized carbons (Fsp3) is 0.500. The minimum atomic E-state index is 0.0360. The van der Waals surface area contributed by atoms with Crippen LogP contribution in [0.2, 0.25) is 10.0 Å². The predicted molar refractivity (Wildman–Crippen MR) is 67.1 cm³/mol. The Labute approximate surface area is 106 Å². The van der Waals surface area contributed by atoms with Crippen LogP contribution in [0.3, 0.4) is 0 Å². The van der Waals surface area contributed by atoms with Crippen molar-refractivity contribution in [3.05, 3.63) is 33.8 Å². The highest BCUT2D eigenvalue weighted by molar-refractivity contribution is 6.42. The molecule has 16 heavy (non-hydrogen) atoms. The summed E-state index contributed by atoms with van der Waals surface area (Å²) in [7, 11) is 0. The molecule has 2 nitrogen and oxygen atoms in total. The summed E-state index contributed by atoms with van der Waals surface area (Å²) >= 11 is 12.2. The van der Waals surface area contributed by atoms with E-state index in [2.05, 4.69) is 0 Å². The van der Waals surface area contributed by atoms with E-state index < -0.39 is 0 Å². The lowest BCUT2D eigenvalue weighted by Gasteiger charge is -2.26. The number of nitrogens with two attached hydrogens (primary N) is 1. The first-order chi connectivity index (χ1) is 7.67. The maximum atomic E-state index is 6.18. The zero-order valence-electron chi connectivity index (χ0n) is 9.01. The van der Waals surface area contributed by atoms with E-state index in [1.807, 2.05) is 12.1 Å². The van der Waals surface area contributed by atoms with E-state index in [0.717, 1.165) is 25.0 Å². The van der Waals surface area contributed by atoms with Crippen LogP contribution in [-0.4, -0.2) is 19.8 Å². The lowest BCUT2D eigenvalue weighted by molar-refractivity contribution is 0.154. The molecular formula is C12H15Cl2NO. The third-order valence-corrected chi connectivity index (χ3v) is 4.07. The quantitative estimate of drug-likeness (QED) is 0.906. The number of hydrogen-bond donors (Lipinski definition) is 1. The Morgan fingerprint density at radius 2 is 2.19 bits per heavy atom. The lowest BCUT2D eigenvalue weighted by atomic mass is 9.81. The molecule has 1 atom stereocenters. The van der Waals surface area contributed by atoms with Gasteiger partial charge in [0.05, 0.1) is 16.7 Å². The van der Waals surface area contributed by atoms with Crippen molar-refractivity contribution < 1.29 is 4.74 Å². The average Bonchev–Trinajstić information content (AvgIpc) is 2.74. The number of hydrogen-bond acceptors (Lipinski definition) is 2. The summed E-state index contributed by atoms with van der Waals surface area (Å²) in [5.74, 6) is 0. The van der Waals surface area contributed by atoms with Gasteiger partial charge < -0.3 is 10.5 Å². The van der Waals surface area contributed by atoms with E-state index >= 15 is 0 Å². The fourth-order valence-electron chi connectivity index (χ4n) is 2.11. The number of benzene rings is 1. The molecule has 0 radical (unpaired) electrons. The molecule has 0 spiro atoms. The summed E-state index contributed by atoms with van der Waals surface area (Å²) in [6.07, 6.45) is 1.83. The van der Waals surface area contributed by atoms with E-state index in [9.17, 15) is 0 Å². The van der Waals surface area contributed by atoms with Crippen molar-refractivity contribution in [2.45, 2.75) is 12.8 Å². The summed E-state index contributed by atoms with van der Waals surface area (Å²) < 4.78 is 5.44. The molecule has 2 rings (SSSR count). The first kappa shape index (κ1) is 12.2. The molecule has 0 aliphatic carbocycles. The lowest BCUT2D eigenvalue weighted by Crippen LogP contribution is -2.33. The molecular weight excluding hydrogens is 245 g/mol. The van der Waals surface area contributed by atoms with Crippen LogP contribution in [0.5, 0.6) is 0 Å². The zero-order chi connectivity index (χ0) is 11.6. The molecule has 4 heteroatoms. The molecule has 1 heterocycles. The second-order valence-corrected chi connectivity index (χ2v) is 5.18. The Hall–Kier alpha value is -0.280. The van der Waals surface area contributed by atoms with Gasteiger partial charge in [-0.1, -0.05) is 35.3 Å². The van der Waals surface area contributed by atoms with E-state index in [1.165, 1.54) is 0 Å². The Balaban J connectivity index is 2.22. The SMILES string of the molecule is NCC1(Cc2cccc(Cl)c2Cl)CCOC1. The molecule has 2 N–H and O–H groups in total. The molecule has 88 valence electrons. The van der Waals surface area contributed by atoms with Gasteiger partial charge in [0.15, 0.2) is 0 Å². The van der Waals surface area contributed by atoms with Gasteiger partial charge in [0.2, 0.25) is 0 Å². The molecule has 1 fully saturated rings. The van der Waals surface area contributed by atoms with Crippen molar-refractivity contribution in [3.63, 3.8) is 0 Å². The van der Waals surface area contributed by atoms with Gasteiger partial charge in [-0.15, -0.1) is 0 Å². The Bertz CT molecular complexity index is 375. The normalized spacial score (nSPS) is 24.9. The molecule has 1 aromatic rings. The first-order valence-electron chi connectivity index (χ1n) is 5.38. The van der Waals surface area contributed by atoms with Crippen molar-refractivity contribution >= 4 is 23.2 Å². The highest BCUT2D eigenvalue weighted by atomic mass is 35.5. The van der Waals surface area contributed by atoms with Crippen molar-refractivity contribution in [2.75, 3.05) is 19.8 Å². The van der Waals surface area contributed by atoms with Gasteiger partial charge >= 0.3 is 0 Å². The molecule has 1 aliphatic heterocycles. The molecule has 0 amide bonds. The fourth-order valence-corrected chi connectivity index (χ4v) is 2.50. The van der Waals surface area contributed by atoms with E-state index in [0.29, 0.717) is 23.2 Å². The van der Waals surface area contributed by atoms with Crippen molar-refractivity contribution in [2.24, 2.45) is 11.1 Å². The summed E-state index contributed by atoms with van der Waals surface area (Å²) in [5.41, 5.74) is 6.95. The maximum Gasteiger partial charge on any atom is 0.0624 e. The minimum absolute atomic E-state index is 0.0360.